The van der Waals surface area contributed by atoms with E-state index in [-0.39, 0.29) is 17.1 Å². The SMILES string of the molecule is CCOC(=O)[C@H](C)Sc1nnc(Nc2cccc(NC(C)=O)c2)s1. The fourth-order valence-electron chi connectivity index (χ4n) is 1.77. The summed E-state index contributed by atoms with van der Waals surface area (Å²) in [4.78, 5) is 22.7. The number of rotatable bonds is 7. The Kier molecular flexibility index (Phi) is 6.56. The number of benzene rings is 1. The fourth-order valence-corrected chi connectivity index (χ4v) is 3.68. The van der Waals surface area contributed by atoms with Crippen LogP contribution in [-0.2, 0) is 14.3 Å². The fraction of sp³-hybridized carbons (Fsp3) is 0.333. The Bertz CT molecular complexity index is 720. The average molecular weight is 366 g/mol. The molecule has 7 nitrogen and oxygen atoms in total. The number of hydrogen-bond acceptors (Lipinski definition) is 8. The van der Waals surface area contributed by atoms with Crippen LogP contribution in [0.4, 0.5) is 16.5 Å². The van der Waals surface area contributed by atoms with E-state index in [4.69, 9.17) is 4.74 Å². The number of hydrogen-bond donors (Lipinski definition) is 2. The van der Waals surface area contributed by atoms with Crippen molar-refractivity contribution in [1.29, 1.82) is 0 Å². The van der Waals surface area contributed by atoms with Gasteiger partial charge in [-0.25, -0.2) is 0 Å². The lowest BCUT2D eigenvalue weighted by Crippen LogP contribution is -2.16. The Hall–Kier alpha value is -2.13. The number of nitrogens with one attached hydrogen (secondary N) is 2. The van der Waals surface area contributed by atoms with Crippen LogP contribution in [0.15, 0.2) is 28.6 Å². The van der Waals surface area contributed by atoms with Crippen molar-refractivity contribution in [3.05, 3.63) is 24.3 Å². The van der Waals surface area contributed by atoms with Gasteiger partial charge in [0.05, 0.1) is 6.61 Å². The molecule has 0 aliphatic heterocycles. The lowest BCUT2D eigenvalue weighted by molar-refractivity contribution is -0.142. The highest BCUT2D eigenvalue weighted by Gasteiger charge is 2.18. The first-order valence-corrected chi connectivity index (χ1v) is 8.99. The van der Waals surface area contributed by atoms with Crippen LogP contribution in [0.25, 0.3) is 0 Å². The quantitative estimate of drug-likeness (QED) is 0.574. The third kappa shape index (κ3) is 5.50. The van der Waals surface area contributed by atoms with Gasteiger partial charge in [0.25, 0.3) is 0 Å². The minimum Gasteiger partial charge on any atom is -0.465 e. The highest BCUT2D eigenvalue weighted by molar-refractivity contribution is 8.02. The molecule has 0 spiro atoms. The van der Waals surface area contributed by atoms with E-state index >= 15 is 0 Å². The van der Waals surface area contributed by atoms with Crippen LogP contribution in [0.2, 0.25) is 0 Å². The van der Waals surface area contributed by atoms with Gasteiger partial charge in [0.15, 0.2) is 4.34 Å². The van der Waals surface area contributed by atoms with E-state index in [0.29, 0.717) is 21.8 Å². The summed E-state index contributed by atoms with van der Waals surface area (Å²) in [5.41, 5.74) is 1.48. The van der Waals surface area contributed by atoms with Gasteiger partial charge >= 0.3 is 5.97 Å². The van der Waals surface area contributed by atoms with E-state index in [2.05, 4.69) is 20.8 Å². The molecule has 0 aliphatic rings. The highest BCUT2D eigenvalue weighted by atomic mass is 32.2. The van der Waals surface area contributed by atoms with Crippen molar-refractivity contribution in [3.63, 3.8) is 0 Å². The Labute approximate surface area is 148 Å². The van der Waals surface area contributed by atoms with E-state index in [1.54, 1.807) is 26.0 Å². The first-order valence-electron chi connectivity index (χ1n) is 7.29. The van der Waals surface area contributed by atoms with Crippen LogP contribution >= 0.6 is 23.1 Å². The normalized spacial score (nSPS) is 11.6. The van der Waals surface area contributed by atoms with E-state index < -0.39 is 0 Å². The summed E-state index contributed by atoms with van der Waals surface area (Å²) in [5, 5.41) is 14.2. The number of anilines is 3. The van der Waals surface area contributed by atoms with Crippen LogP contribution in [0.1, 0.15) is 20.8 Å². The van der Waals surface area contributed by atoms with Crippen LogP contribution < -0.4 is 10.6 Å². The maximum atomic E-state index is 11.6. The zero-order valence-corrected chi connectivity index (χ0v) is 15.2. The van der Waals surface area contributed by atoms with Crippen molar-refractivity contribution in [2.24, 2.45) is 0 Å². The largest absolute Gasteiger partial charge is 0.465 e. The van der Waals surface area contributed by atoms with Crippen molar-refractivity contribution < 1.29 is 14.3 Å². The second-order valence-electron chi connectivity index (χ2n) is 4.77. The van der Waals surface area contributed by atoms with Crippen molar-refractivity contribution in [2.75, 3.05) is 17.2 Å². The molecule has 0 radical (unpaired) electrons. The van der Waals surface area contributed by atoms with E-state index in [1.807, 2.05) is 12.1 Å². The molecule has 1 atom stereocenters. The molecule has 2 aromatic rings. The molecule has 0 unspecified atom stereocenters. The first-order chi connectivity index (χ1) is 11.5. The molecule has 1 amide bonds. The minimum absolute atomic E-state index is 0.130. The number of thioether (sulfide) groups is 1. The number of nitrogens with zero attached hydrogens (tertiary/aromatic N) is 2. The molecule has 0 saturated carbocycles. The van der Waals surface area contributed by atoms with Gasteiger partial charge in [-0.1, -0.05) is 29.2 Å². The summed E-state index contributed by atoms with van der Waals surface area (Å²) < 4.78 is 5.65. The third-order valence-electron chi connectivity index (χ3n) is 2.74. The topological polar surface area (TPSA) is 93.2 Å². The van der Waals surface area contributed by atoms with Gasteiger partial charge in [-0.05, 0) is 32.0 Å². The molecular weight excluding hydrogens is 348 g/mol. The van der Waals surface area contributed by atoms with E-state index in [9.17, 15) is 9.59 Å². The number of aromatic nitrogens is 2. The Morgan fingerprint density at radius 3 is 2.79 bits per heavy atom. The molecule has 9 heteroatoms. The van der Waals surface area contributed by atoms with Crippen LogP contribution in [0.5, 0.6) is 0 Å². The summed E-state index contributed by atoms with van der Waals surface area (Å²) in [7, 11) is 0. The van der Waals surface area contributed by atoms with Crippen LogP contribution in [-0.4, -0.2) is 33.9 Å². The van der Waals surface area contributed by atoms with E-state index in [0.717, 1.165) is 5.69 Å². The second-order valence-corrected chi connectivity index (χ2v) is 7.34. The van der Waals surface area contributed by atoms with Gasteiger partial charge in [-0.3, -0.25) is 9.59 Å². The number of ether oxygens (including phenoxy) is 1. The summed E-state index contributed by atoms with van der Waals surface area (Å²) >= 11 is 2.65. The number of carbonyl (C=O) groups is 2. The maximum Gasteiger partial charge on any atom is 0.319 e. The lowest BCUT2D eigenvalue weighted by Gasteiger charge is -2.07. The second kappa shape index (κ2) is 8.65. The number of carbonyl (C=O) groups excluding carboxylic acids is 2. The maximum absolute atomic E-state index is 11.6. The standard InChI is InChI=1S/C15H18N4O3S2/c1-4-22-13(21)9(2)23-15-19-18-14(24-15)17-12-7-5-6-11(8-12)16-10(3)20/h5-9H,4H2,1-3H3,(H,16,20)(H,17,18)/t9-/m0/s1. The van der Waals surface area contributed by atoms with Gasteiger partial charge in [-0.2, -0.15) is 0 Å². The Balaban J connectivity index is 1.98. The molecule has 128 valence electrons. The molecule has 0 aliphatic carbocycles. The predicted molar refractivity (Wildman–Crippen MR) is 95.9 cm³/mol. The Morgan fingerprint density at radius 2 is 2.08 bits per heavy atom. The van der Waals surface area contributed by atoms with Gasteiger partial charge < -0.3 is 15.4 Å². The molecule has 24 heavy (non-hydrogen) atoms. The predicted octanol–water partition coefficient (Wildman–Crippen LogP) is 3.28. The molecule has 0 fully saturated rings. The molecular formula is C15H18N4O3S2. The summed E-state index contributed by atoms with van der Waals surface area (Å²) in [6.45, 7) is 5.36. The Morgan fingerprint density at radius 1 is 1.33 bits per heavy atom. The van der Waals surface area contributed by atoms with Gasteiger partial charge in [0.2, 0.25) is 11.0 Å². The minimum atomic E-state index is -0.339. The van der Waals surface area contributed by atoms with Crippen molar-refractivity contribution >= 4 is 51.5 Å². The summed E-state index contributed by atoms with van der Waals surface area (Å²) in [6.07, 6.45) is 0. The zero-order valence-electron chi connectivity index (χ0n) is 13.5. The smallest absolute Gasteiger partial charge is 0.319 e. The lowest BCUT2D eigenvalue weighted by atomic mass is 10.3. The van der Waals surface area contributed by atoms with Crippen molar-refractivity contribution in [3.8, 4) is 0 Å². The third-order valence-corrected chi connectivity index (χ3v) is 4.74. The number of esters is 1. The molecule has 0 saturated heterocycles. The van der Waals surface area contributed by atoms with Crippen LogP contribution in [0.3, 0.4) is 0 Å². The zero-order chi connectivity index (χ0) is 17.5. The van der Waals surface area contributed by atoms with Gasteiger partial charge in [0, 0.05) is 18.3 Å². The average Bonchev–Trinajstić information content (AvgIpc) is 2.94. The summed E-state index contributed by atoms with van der Waals surface area (Å²) in [6, 6.07) is 7.29. The van der Waals surface area contributed by atoms with E-state index in [1.165, 1.54) is 30.0 Å². The van der Waals surface area contributed by atoms with Crippen molar-refractivity contribution in [2.45, 2.75) is 30.4 Å². The van der Waals surface area contributed by atoms with Crippen LogP contribution in [0, 0.1) is 0 Å². The van der Waals surface area contributed by atoms with Gasteiger partial charge in [0.1, 0.15) is 5.25 Å². The first kappa shape index (κ1) is 18.2. The van der Waals surface area contributed by atoms with Gasteiger partial charge in [-0.15, -0.1) is 10.2 Å². The molecule has 1 aromatic heterocycles. The summed E-state index contributed by atoms with van der Waals surface area (Å²) in [5.74, 6) is -0.398. The van der Waals surface area contributed by atoms with Crippen molar-refractivity contribution in [1.82, 2.24) is 10.2 Å². The molecule has 1 heterocycles. The molecule has 2 N–H and O–H groups in total. The molecule has 1 aromatic carbocycles. The molecule has 0 bridgehead atoms. The highest BCUT2D eigenvalue weighted by Crippen LogP contribution is 2.31. The number of amides is 1. The monoisotopic (exact) mass is 366 g/mol. The molecule has 2 rings (SSSR count).